The van der Waals surface area contributed by atoms with Crippen molar-refractivity contribution < 1.29 is 4.74 Å². The molecule has 4 nitrogen and oxygen atoms in total. The van der Waals surface area contributed by atoms with Crippen LogP contribution in [0.2, 0.25) is 0 Å². The Morgan fingerprint density at radius 1 is 0.964 bits per heavy atom. The van der Waals surface area contributed by atoms with Gasteiger partial charge in [-0.3, -0.25) is 0 Å². The molecule has 4 rings (SSSR count). The molecule has 2 aromatic heterocycles. The molecule has 4 aromatic rings. The molecule has 142 valence electrons. The fraction of sp³-hybridized carbons (Fsp3) is 0.208. The van der Waals surface area contributed by atoms with Gasteiger partial charge in [-0.2, -0.15) is 0 Å². The average molecular weight is 371 g/mol. The minimum absolute atomic E-state index is 0.636. The van der Waals surface area contributed by atoms with Gasteiger partial charge in [0.05, 0.1) is 18.4 Å². The fourth-order valence-electron chi connectivity index (χ4n) is 3.74. The normalized spacial score (nSPS) is 11.1. The number of benzene rings is 2. The van der Waals surface area contributed by atoms with Crippen LogP contribution in [0.5, 0.6) is 5.88 Å². The largest absolute Gasteiger partial charge is 0.481 e. The van der Waals surface area contributed by atoms with E-state index >= 15 is 0 Å². The van der Waals surface area contributed by atoms with E-state index in [4.69, 9.17) is 10.5 Å². The summed E-state index contributed by atoms with van der Waals surface area (Å²) in [5.41, 5.74) is 12.7. The maximum Gasteiger partial charge on any atom is 0.222 e. The summed E-state index contributed by atoms with van der Waals surface area (Å²) in [7, 11) is 1.66. The molecule has 0 saturated heterocycles. The number of nitrogens with one attached hydrogen (secondary N) is 1. The minimum Gasteiger partial charge on any atom is -0.481 e. The van der Waals surface area contributed by atoms with Gasteiger partial charge >= 0.3 is 0 Å². The fourth-order valence-corrected chi connectivity index (χ4v) is 3.74. The number of nitrogens with zero attached hydrogens (tertiary/aromatic N) is 1. The second kappa shape index (κ2) is 8.28. The quantitative estimate of drug-likeness (QED) is 0.440. The average Bonchev–Trinajstić information content (AvgIpc) is 3.12. The maximum absolute atomic E-state index is 5.74. The summed E-state index contributed by atoms with van der Waals surface area (Å²) in [5, 5.41) is 1.25. The van der Waals surface area contributed by atoms with Crippen molar-refractivity contribution in [1.82, 2.24) is 9.97 Å². The van der Waals surface area contributed by atoms with Crippen LogP contribution in [0.3, 0.4) is 0 Å². The second-order valence-corrected chi connectivity index (χ2v) is 6.91. The number of hydrogen-bond donors (Lipinski definition) is 2. The highest BCUT2D eigenvalue weighted by atomic mass is 16.5. The van der Waals surface area contributed by atoms with Gasteiger partial charge in [0.2, 0.25) is 5.88 Å². The van der Waals surface area contributed by atoms with Gasteiger partial charge in [0.15, 0.2) is 0 Å². The van der Waals surface area contributed by atoms with E-state index in [-0.39, 0.29) is 0 Å². The van der Waals surface area contributed by atoms with Gasteiger partial charge in [0, 0.05) is 17.1 Å². The van der Waals surface area contributed by atoms with Crippen molar-refractivity contribution >= 4 is 10.9 Å². The third-order valence-corrected chi connectivity index (χ3v) is 5.13. The summed E-state index contributed by atoms with van der Waals surface area (Å²) in [4.78, 5) is 7.99. The molecule has 0 aliphatic rings. The lowest BCUT2D eigenvalue weighted by Crippen LogP contribution is -1.99. The number of unbranched alkanes of at least 4 members (excludes halogenated alkanes) is 1. The first-order valence-corrected chi connectivity index (χ1v) is 9.71. The number of aryl methyl sites for hydroxylation is 1. The lowest BCUT2D eigenvalue weighted by Gasteiger charge is -2.09. The Labute approximate surface area is 165 Å². The van der Waals surface area contributed by atoms with Crippen molar-refractivity contribution in [3.05, 3.63) is 72.4 Å². The lowest BCUT2D eigenvalue weighted by molar-refractivity contribution is 0.399. The monoisotopic (exact) mass is 371 g/mol. The molecule has 0 saturated carbocycles. The van der Waals surface area contributed by atoms with Crippen LogP contribution < -0.4 is 10.5 Å². The zero-order valence-electron chi connectivity index (χ0n) is 16.1. The second-order valence-electron chi connectivity index (χ2n) is 6.91. The Bertz CT molecular complexity index is 1070. The van der Waals surface area contributed by atoms with E-state index in [2.05, 4.69) is 58.5 Å². The highest BCUT2D eigenvalue weighted by Crippen LogP contribution is 2.37. The van der Waals surface area contributed by atoms with Gasteiger partial charge < -0.3 is 15.5 Å². The molecule has 0 unspecified atom stereocenters. The van der Waals surface area contributed by atoms with E-state index in [1.54, 1.807) is 13.3 Å². The summed E-state index contributed by atoms with van der Waals surface area (Å²) >= 11 is 0. The van der Waals surface area contributed by atoms with Gasteiger partial charge in [-0.15, -0.1) is 0 Å². The van der Waals surface area contributed by atoms with Crippen LogP contribution in [0.4, 0.5) is 0 Å². The molecule has 28 heavy (non-hydrogen) atoms. The van der Waals surface area contributed by atoms with Crippen molar-refractivity contribution in [2.24, 2.45) is 5.73 Å². The number of pyridine rings is 1. The van der Waals surface area contributed by atoms with Crippen LogP contribution in [0.1, 0.15) is 18.4 Å². The summed E-state index contributed by atoms with van der Waals surface area (Å²) in [6.07, 6.45) is 4.78. The Balaban J connectivity index is 1.88. The van der Waals surface area contributed by atoms with Gasteiger partial charge in [-0.05, 0) is 66.8 Å². The predicted molar refractivity (Wildman–Crippen MR) is 116 cm³/mol. The maximum atomic E-state index is 5.74. The van der Waals surface area contributed by atoms with E-state index < -0.39 is 0 Å². The number of rotatable bonds is 7. The molecular formula is C24H25N3O. The molecule has 0 fully saturated rings. The summed E-state index contributed by atoms with van der Waals surface area (Å²) in [6, 6.07) is 21.1. The SMILES string of the molecule is COc1ncccc1-c1[nH]c2ccc(-c3ccccc3)cc2c1CCCCN. The van der Waals surface area contributed by atoms with Crippen molar-refractivity contribution in [3.63, 3.8) is 0 Å². The summed E-state index contributed by atoms with van der Waals surface area (Å²) in [6.45, 7) is 0.711. The van der Waals surface area contributed by atoms with Crippen molar-refractivity contribution in [3.8, 4) is 28.3 Å². The van der Waals surface area contributed by atoms with E-state index in [9.17, 15) is 0 Å². The van der Waals surface area contributed by atoms with Crippen LogP contribution in [0, 0.1) is 0 Å². The number of hydrogen-bond acceptors (Lipinski definition) is 3. The predicted octanol–water partition coefficient (Wildman–Crippen LogP) is 5.19. The highest BCUT2D eigenvalue weighted by molar-refractivity contribution is 5.94. The molecule has 2 aromatic carbocycles. The summed E-state index contributed by atoms with van der Waals surface area (Å²) < 4.78 is 5.52. The summed E-state index contributed by atoms with van der Waals surface area (Å²) in [5.74, 6) is 0.636. The van der Waals surface area contributed by atoms with Gasteiger partial charge in [-0.1, -0.05) is 36.4 Å². The van der Waals surface area contributed by atoms with Crippen LogP contribution in [0.25, 0.3) is 33.3 Å². The standard InChI is InChI=1S/C24H25N3O/c1-28-24-20(11-7-15-26-24)23-19(10-5-6-14-25)21-16-18(12-13-22(21)27-23)17-8-3-2-4-9-17/h2-4,7-9,11-13,15-16,27H,5-6,10,14,25H2,1H3. The van der Waals surface area contributed by atoms with Gasteiger partial charge in [0.1, 0.15) is 0 Å². The van der Waals surface area contributed by atoms with Crippen LogP contribution >= 0.6 is 0 Å². The van der Waals surface area contributed by atoms with E-state index in [0.29, 0.717) is 12.4 Å². The zero-order valence-corrected chi connectivity index (χ0v) is 16.1. The van der Waals surface area contributed by atoms with Crippen LogP contribution in [-0.4, -0.2) is 23.6 Å². The Kier molecular flexibility index (Phi) is 5.40. The molecular weight excluding hydrogens is 346 g/mol. The number of fused-ring (bicyclic) bond motifs is 1. The Morgan fingerprint density at radius 3 is 2.61 bits per heavy atom. The highest BCUT2D eigenvalue weighted by Gasteiger charge is 2.17. The molecule has 3 N–H and O–H groups in total. The molecule has 0 bridgehead atoms. The number of H-pyrrole nitrogens is 1. The number of methoxy groups -OCH3 is 1. The van der Waals surface area contributed by atoms with E-state index in [1.807, 2.05) is 12.1 Å². The Hall–Kier alpha value is -3.11. The van der Waals surface area contributed by atoms with E-state index in [0.717, 1.165) is 36.0 Å². The number of ether oxygens (including phenoxy) is 1. The Morgan fingerprint density at radius 2 is 1.82 bits per heavy atom. The third-order valence-electron chi connectivity index (χ3n) is 5.13. The lowest BCUT2D eigenvalue weighted by atomic mass is 9.98. The molecule has 0 spiro atoms. The third kappa shape index (κ3) is 3.51. The van der Waals surface area contributed by atoms with Crippen LogP contribution in [0.15, 0.2) is 66.9 Å². The van der Waals surface area contributed by atoms with Crippen molar-refractivity contribution in [2.45, 2.75) is 19.3 Å². The molecule has 0 aliphatic heterocycles. The molecule has 4 heteroatoms. The number of nitrogens with two attached hydrogens (primary N) is 1. The first-order valence-electron chi connectivity index (χ1n) is 9.71. The number of aromatic amines is 1. The minimum atomic E-state index is 0.636. The van der Waals surface area contributed by atoms with Crippen molar-refractivity contribution in [2.75, 3.05) is 13.7 Å². The molecule has 0 aliphatic carbocycles. The first-order chi connectivity index (χ1) is 13.8. The molecule has 0 amide bonds. The van der Waals surface area contributed by atoms with Crippen molar-refractivity contribution in [1.29, 1.82) is 0 Å². The van der Waals surface area contributed by atoms with Gasteiger partial charge in [0.25, 0.3) is 0 Å². The van der Waals surface area contributed by atoms with E-state index in [1.165, 1.54) is 22.1 Å². The molecule has 2 heterocycles. The topological polar surface area (TPSA) is 63.9 Å². The first kappa shape index (κ1) is 18.3. The zero-order chi connectivity index (χ0) is 19.3. The van der Waals surface area contributed by atoms with Crippen LogP contribution in [-0.2, 0) is 6.42 Å². The molecule has 0 atom stereocenters. The van der Waals surface area contributed by atoms with Gasteiger partial charge in [-0.25, -0.2) is 4.98 Å². The molecule has 0 radical (unpaired) electrons. The smallest absolute Gasteiger partial charge is 0.222 e. The number of aromatic nitrogens is 2.